The Morgan fingerprint density at radius 3 is 2.64 bits per heavy atom. The summed E-state index contributed by atoms with van der Waals surface area (Å²) in [5, 5.41) is 8.92. The molecule has 58 valence electrons. The molecule has 0 aliphatic carbocycles. The van der Waals surface area contributed by atoms with Gasteiger partial charge in [-0.25, -0.2) is 4.39 Å². The van der Waals surface area contributed by atoms with Crippen molar-refractivity contribution in [2.24, 2.45) is 5.73 Å². The van der Waals surface area contributed by atoms with Crippen molar-refractivity contribution in [1.82, 2.24) is 0 Å². The number of aromatic hydroxyl groups is 1. The summed E-state index contributed by atoms with van der Waals surface area (Å²) in [6.07, 6.45) is 0. The van der Waals surface area contributed by atoms with Crippen molar-refractivity contribution in [2.75, 3.05) is 0 Å². The third kappa shape index (κ3) is 1.46. The second-order valence-corrected chi connectivity index (χ2v) is 2.03. The first kappa shape index (κ1) is 7.53. The minimum atomic E-state index is -0.775. The number of halogens is 1. The van der Waals surface area contributed by atoms with Crippen LogP contribution in [0.25, 0.3) is 0 Å². The molecule has 0 radical (unpaired) electrons. The first-order chi connectivity index (χ1) is 5.11. The topological polar surface area (TPSA) is 63.3 Å². The lowest BCUT2D eigenvalue weighted by atomic mass is 10.2. The molecule has 0 bridgehead atoms. The molecule has 11 heavy (non-hydrogen) atoms. The van der Waals surface area contributed by atoms with Crippen LogP contribution in [-0.2, 0) is 0 Å². The second kappa shape index (κ2) is 2.57. The lowest BCUT2D eigenvalue weighted by molar-refractivity contribution is 0.0997. The molecule has 1 aromatic carbocycles. The number of phenols is 1. The first-order valence-electron chi connectivity index (χ1n) is 2.89. The SMILES string of the molecule is NC(=O)c1ccc(F)cc1O. The molecule has 0 heterocycles. The lowest BCUT2D eigenvalue weighted by Crippen LogP contribution is -2.10. The predicted octanol–water partition coefficient (Wildman–Crippen LogP) is 0.630. The Morgan fingerprint density at radius 2 is 2.18 bits per heavy atom. The van der Waals surface area contributed by atoms with Crippen molar-refractivity contribution in [3.8, 4) is 5.75 Å². The van der Waals surface area contributed by atoms with E-state index in [1.165, 1.54) is 0 Å². The molecule has 1 rings (SSSR count). The van der Waals surface area contributed by atoms with Crippen LogP contribution in [-0.4, -0.2) is 11.0 Å². The largest absolute Gasteiger partial charge is 0.507 e. The summed E-state index contributed by atoms with van der Waals surface area (Å²) in [5.41, 5.74) is 4.77. The molecular weight excluding hydrogens is 149 g/mol. The molecule has 0 saturated heterocycles. The van der Waals surface area contributed by atoms with Crippen LogP contribution in [0.1, 0.15) is 10.4 Å². The summed E-state index contributed by atoms with van der Waals surface area (Å²) in [6, 6.07) is 3.02. The standard InChI is InChI=1S/C7H6FNO2/c8-4-1-2-5(7(9)11)6(10)3-4/h1-3,10H,(H2,9,11). The zero-order chi connectivity index (χ0) is 8.43. The van der Waals surface area contributed by atoms with Crippen molar-refractivity contribution in [3.05, 3.63) is 29.6 Å². The molecule has 3 nitrogen and oxygen atoms in total. The van der Waals surface area contributed by atoms with Crippen molar-refractivity contribution in [3.63, 3.8) is 0 Å². The van der Waals surface area contributed by atoms with Crippen molar-refractivity contribution in [1.29, 1.82) is 0 Å². The molecule has 0 aliphatic heterocycles. The first-order valence-corrected chi connectivity index (χ1v) is 2.89. The Labute approximate surface area is 62.3 Å². The number of amides is 1. The molecule has 0 saturated carbocycles. The Balaban J connectivity index is 3.20. The summed E-state index contributed by atoms with van der Waals surface area (Å²) in [6.45, 7) is 0. The molecule has 0 fully saturated rings. The van der Waals surface area contributed by atoms with E-state index in [1.54, 1.807) is 0 Å². The van der Waals surface area contributed by atoms with E-state index in [4.69, 9.17) is 10.8 Å². The minimum Gasteiger partial charge on any atom is -0.507 e. The van der Waals surface area contributed by atoms with Crippen molar-refractivity contribution >= 4 is 5.91 Å². The van der Waals surface area contributed by atoms with Crippen LogP contribution in [0.4, 0.5) is 4.39 Å². The van der Waals surface area contributed by atoms with Crippen LogP contribution in [0, 0.1) is 5.82 Å². The highest BCUT2D eigenvalue weighted by Gasteiger charge is 2.06. The number of nitrogens with two attached hydrogens (primary N) is 1. The van der Waals surface area contributed by atoms with E-state index < -0.39 is 17.5 Å². The monoisotopic (exact) mass is 155 g/mol. The maximum atomic E-state index is 12.3. The average Bonchev–Trinajstić information content (AvgIpc) is 1.85. The number of carbonyl (C=O) groups is 1. The quantitative estimate of drug-likeness (QED) is 0.624. The zero-order valence-corrected chi connectivity index (χ0v) is 5.54. The zero-order valence-electron chi connectivity index (χ0n) is 5.54. The Morgan fingerprint density at radius 1 is 1.55 bits per heavy atom. The molecular formula is C7H6FNO2. The number of rotatable bonds is 1. The van der Waals surface area contributed by atoms with E-state index in [-0.39, 0.29) is 5.56 Å². The molecule has 0 aromatic heterocycles. The molecule has 3 N–H and O–H groups in total. The minimum absolute atomic E-state index is 0.0774. The van der Waals surface area contributed by atoms with Crippen molar-refractivity contribution in [2.45, 2.75) is 0 Å². The Kier molecular flexibility index (Phi) is 1.76. The maximum absolute atomic E-state index is 12.3. The van der Waals surface area contributed by atoms with Crippen LogP contribution >= 0.6 is 0 Å². The molecule has 0 unspecified atom stereocenters. The number of hydrogen-bond acceptors (Lipinski definition) is 2. The van der Waals surface area contributed by atoms with Gasteiger partial charge in [-0.1, -0.05) is 0 Å². The predicted molar refractivity (Wildman–Crippen MR) is 36.6 cm³/mol. The summed E-state index contributed by atoms with van der Waals surface area (Å²) < 4.78 is 12.3. The smallest absolute Gasteiger partial charge is 0.252 e. The Bertz CT molecular complexity index is 298. The fourth-order valence-electron chi connectivity index (χ4n) is 0.713. The lowest BCUT2D eigenvalue weighted by Gasteiger charge is -1.97. The summed E-state index contributed by atoms with van der Waals surface area (Å²) in [4.78, 5) is 10.5. The fraction of sp³-hybridized carbons (Fsp3) is 0. The van der Waals surface area contributed by atoms with Gasteiger partial charge in [0.2, 0.25) is 0 Å². The van der Waals surface area contributed by atoms with Gasteiger partial charge in [-0.3, -0.25) is 4.79 Å². The van der Waals surface area contributed by atoms with Gasteiger partial charge in [0.1, 0.15) is 11.6 Å². The van der Waals surface area contributed by atoms with E-state index >= 15 is 0 Å². The number of hydrogen-bond donors (Lipinski definition) is 2. The van der Waals surface area contributed by atoms with Crippen LogP contribution in [0.15, 0.2) is 18.2 Å². The van der Waals surface area contributed by atoms with E-state index in [2.05, 4.69) is 0 Å². The van der Waals surface area contributed by atoms with E-state index in [0.717, 1.165) is 18.2 Å². The highest BCUT2D eigenvalue weighted by Crippen LogP contribution is 2.16. The molecule has 1 aromatic rings. The van der Waals surface area contributed by atoms with Gasteiger partial charge in [-0.2, -0.15) is 0 Å². The Hall–Kier alpha value is -1.58. The van der Waals surface area contributed by atoms with Gasteiger partial charge in [-0.05, 0) is 12.1 Å². The molecule has 0 atom stereocenters. The summed E-state index contributed by atoms with van der Waals surface area (Å²) in [5.74, 6) is -1.81. The number of primary amides is 1. The third-order valence-corrected chi connectivity index (χ3v) is 1.23. The van der Waals surface area contributed by atoms with E-state index in [0.29, 0.717) is 0 Å². The highest BCUT2D eigenvalue weighted by atomic mass is 19.1. The van der Waals surface area contributed by atoms with Crippen LogP contribution in [0.2, 0.25) is 0 Å². The van der Waals surface area contributed by atoms with Crippen LogP contribution in [0.3, 0.4) is 0 Å². The van der Waals surface area contributed by atoms with E-state index in [9.17, 15) is 9.18 Å². The van der Waals surface area contributed by atoms with Gasteiger partial charge in [-0.15, -0.1) is 0 Å². The van der Waals surface area contributed by atoms with Gasteiger partial charge < -0.3 is 10.8 Å². The summed E-state index contributed by atoms with van der Waals surface area (Å²) in [7, 11) is 0. The van der Waals surface area contributed by atoms with Crippen LogP contribution in [0.5, 0.6) is 5.75 Å². The van der Waals surface area contributed by atoms with Gasteiger partial charge in [0.25, 0.3) is 5.91 Å². The third-order valence-electron chi connectivity index (χ3n) is 1.23. The van der Waals surface area contributed by atoms with Gasteiger partial charge in [0.15, 0.2) is 0 Å². The van der Waals surface area contributed by atoms with Gasteiger partial charge in [0.05, 0.1) is 5.56 Å². The molecule has 0 aliphatic rings. The molecule has 1 amide bonds. The normalized spacial score (nSPS) is 9.55. The number of benzene rings is 1. The second-order valence-electron chi connectivity index (χ2n) is 2.03. The van der Waals surface area contributed by atoms with E-state index in [1.807, 2.05) is 0 Å². The van der Waals surface area contributed by atoms with Crippen LogP contribution < -0.4 is 5.73 Å². The highest BCUT2D eigenvalue weighted by molar-refractivity contribution is 5.95. The average molecular weight is 155 g/mol. The number of carbonyl (C=O) groups excluding carboxylic acids is 1. The maximum Gasteiger partial charge on any atom is 0.252 e. The van der Waals surface area contributed by atoms with Gasteiger partial charge in [0, 0.05) is 6.07 Å². The molecule has 4 heteroatoms. The van der Waals surface area contributed by atoms with Crippen molar-refractivity contribution < 1.29 is 14.3 Å². The summed E-state index contributed by atoms with van der Waals surface area (Å²) >= 11 is 0. The fourth-order valence-corrected chi connectivity index (χ4v) is 0.713. The van der Waals surface area contributed by atoms with Gasteiger partial charge >= 0.3 is 0 Å². The molecule has 0 spiro atoms.